The maximum atomic E-state index is 6.03. The SMILES string of the molecule is Cc1cc(OC2CCNCC2)cc(C)c1C. The van der Waals surface area contributed by atoms with E-state index in [1.54, 1.807) is 0 Å². The monoisotopic (exact) mass is 219 g/mol. The number of piperidine rings is 1. The van der Waals surface area contributed by atoms with Crippen molar-refractivity contribution in [2.45, 2.75) is 39.7 Å². The third-order valence-corrected chi connectivity index (χ3v) is 3.49. The first-order chi connectivity index (χ1) is 7.66. The summed E-state index contributed by atoms with van der Waals surface area (Å²) in [5.74, 6) is 1.03. The Morgan fingerprint density at radius 1 is 1.06 bits per heavy atom. The van der Waals surface area contributed by atoms with Crippen LogP contribution in [0, 0.1) is 20.8 Å². The van der Waals surface area contributed by atoms with E-state index in [4.69, 9.17) is 4.74 Å². The van der Waals surface area contributed by atoms with E-state index in [1.807, 2.05) is 0 Å². The zero-order valence-corrected chi connectivity index (χ0v) is 10.5. The van der Waals surface area contributed by atoms with Crippen LogP contribution in [0.4, 0.5) is 0 Å². The summed E-state index contributed by atoms with van der Waals surface area (Å²) < 4.78 is 6.03. The minimum absolute atomic E-state index is 0.391. The molecule has 0 spiro atoms. The van der Waals surface area contributed by atoms with Crippen LogP contribution in [-0.2, 0) is 0 Å². The third kappa shape index (κ3) is 2.56. The minimum Gasteiger partial charge on any atom is -0.490 e. The Hall–Kier alpha value is -1.02. The molecule has 0 radical (unpaired) electrons. The summed E-state index contributed by atoms with van der Waals surface area (Å²) in [6.45, 7) is 8.62. The van der Waals surface area contributed by atoms with Crippen LogP contribution in [0.25, 0.3) is 0 Å². The van der Waals surface area contributed by atoms with Crippen LogP contribution in [0.3, 0.4) is 0 Å². The van der Waals surface area contributed by atoms with E-state index in [1.165, 1.54) is 16.7 Å². The van der Waals surface area contributed by atoms with Gasteiger partial charge >= 0.3 is 0 Å². The Labute approximate surface area is 98.0 Å². The number of benzene rings is 1. The smallest absolute Gasteiger partial charge is 0.120 e. The van der Waals surface area contributed by atoms with Crippen LogP contribution in [-0.4, -0.2) is 19.2 Å². The molecule has 0 aliphatic carbocycles. The fourth-order valence-electron chi connectivity index (χ4n) is 2.17. The summed E-state index contributed by atoms with van der Waals surface area (Å²) >= 11 is 0. The number of hydrogen-bond acceptors (Lipinski definition) is 2. The lowest BCUT2D eigenvalue weighted by atomic mass is 10.0. The van der Waals surface area contributed by atoms with Crippen LogP contribution in [0.1, 0.15) is 29.5 Å². The molecular formula is C14H21NO. The van der Waals surface area contributed by atoms with Gasteiger partial charge in [0.25, 0.3) is 0 Å². The summed E-state index contributed by atoms with van der Waals surface area (Å²) in [7, 11) is 0. The van der Waals surface area contributed by atoms with Crippen LogP contribution in [0.15, 0.2) is 12.1 Å². The Kier molecular flexibility index (Phi) is 3.49. The predicted molar refractivity (Wildman–Crippen MR) is 67.2 cm³/mol. The van der Waals surface area contributed by atoms with Crippen molar-refractivity contribution in [2.24, 2.45) is 0 Å². The molecule has 1 fully saturated rings. The van der Waals surface area contributed by atoms with Gasteiger partial charge in [0.1, 0.15) is 11.9 Å². The maximum Gasteiger partial charge on any atom is 0.120 e. The lowest BCUT2D eigenvalue weighted by molar-refractivity contribution is 0.162. The van der Waals surface area contributed by atoms with Crippen molar-refractivity contribution in [3.63, 3.8) is 0 Å². The minimum atomic E-state index is 0.391. The van der Waals surface area contributed by atoms with Gasteiger partial charge in [0.15, 0.2) is 0 Å². The van der Waals surface area contributed by atoms with Gasteiger partial charge in [-0.05, 0) is 75.5 Å². The fraction of sp³-hybridized carbons (Fsp3) is 0.571. The molecule has 1 N–H and O–H groups in total. The first-order valence-electron chi connectivity index (χ1n) is 6.12. The maximum absolute atomic E-state index is 6.03. The van der Waals surface area contributed by atoms with E-state index in [2.05, 4.69) is 38.2 Å². The van der Waals surface area contributed by atoms with Crippen LogP contribution in [0.5, 0.6) is 5.75 Å². The predicted octanol–water partition coefficient (Wildman–Crippen LogP) is 2.74. The van der Waals surface area contributed by atoms with E-state index in [9.17, 15) is 0 Å². The molecule has 16 heavy (non-hydrogen) atoms. The fourth-order valence-corrected chi connectivity index (χ4v) is 2.17. The molecule has 2 heteroatoms. The first kappa shape index (κ1) is 11.5. The summed E-state index contributed by atoms with van der Waals surface area (Å²) in [6.07, 6.45) is 2.63. The molecule has 1 aromatic carbocycles. The summed E-state index contributed by atoms with van der Waals surface area (Å²) in [5.41, 5.74) is 4.02. The number of aryl methyl sites for hydroxylation is 2. The number of rotatable bonds is 2. The van der Waals surface area contributed by atoms with E-state index < -0.39 is 0 Å². The highest BCUT2D eigenvalue weighted by atomic mass is 16.5. The van der Waals surface area contributed by atoms with Gasteiger partial charge in [-0.3, -0.25) is 0 Å². The number of ether oxygens (including phenoxy) is 1. The van der Waals surface area contributed by atoms with Gasteiger partial charge in [-0.15, -0.1) is 0 Å². The van der Waals surface area contributed by atoms with Crippen molar-refractivity contribution in [3.8, 4) is 5.75 Å². The molecular weight excluding hydrogens is 198 g/mol. The molecule has 0 aromatic heterocycles. The van der Waals surface area contributed by atoms with Crippen molar-refractivity contribution in [3.05, 3.63) is 28.8 Å². The van der Waals surface area contributed by atoms with Crippen molar-refractivity contribution in [1.29, 1.82) is 0 Å². The van der Waals surface area contributed by atoms with E-state index in [-0.39, 0.29) is 0 Å². The van der Waals surface area contributed by atoms with Gasteiger partial charge in [0, 0.05) is 0 Å². The van der Waals surface area contributed by atoms with Gasteiger partial charge in [-0.1, -0.05) is 0 Å². The second kappa shape index (κ2) is 4.88. The number of nitrogens with one attached hydrogen (secondary N) is 1. The average Bonchev–Trinajstić information content (AvgIpc) is 2.27. The molecule has 1 aliphatic heterocycles. The highest BCUT2D eigenvalue weighted by Crippen LogP contribution is 2.23. The lowest BCUT2D eigenvalue weighted by Gasteiger charge is -2.24. The van der Waals surface area contributed by atoms with E-state index >= 15 is 0 Å². The van der Waals surface area contributed by atoms with Crippen molar-refractivity contribution >= 4 is 0 Å². The van der Waals surface area contributed by atoms with Gasteiger partial charge in [-0.25, -0.2) is 0 Å². The highest BCUT2D eigenvalue weighted by Gasteiger charge is 2.14. The Bertz CT molecular complexity index is 344. The van der Waals surface area contributed by atoms with Crippen molar-refractivity contribution in [2.75, 3.05) is 13.1 Å². The quantitative estimate of drug-likeness (QED) is 0.826. The average molecular weight is 219 g/mol. The molecule has 0 amide bonds. The van der Waals surface area contributed by atoms with E-state index in [0.717, 1.165) is 31.7 Å². The van der Waals surface area contributed by atoms with Gasteiger partial charge in [-0.2, -0.15) is 0 Å². The summed E-state index contributed by atoms with van der Waals surface area (Å²) in [4.78, 5) is 0. The molecule has 88 valence electrons. The Morgan fingerprint density at radius 2 is 1.62 bits per heavy atom. The standard InChI is InChI=1S/C14H21NO/c1-10-8-14(9-11(2)12(10)3)16-13-4-6-15-7-5-13/h8-9,13,15H,4-7H2,1-3H3. The summed E-state index contributed by atoms with van der Waals surface area (Å²) in [5, 5.41) is 3.35. The first-order valence-corrected chi connectivity index (χ1v) is 6.12. The highest BCUT2D eigenvalue weighted by molar-refractivity contribution is 5.40. The molecule has 0 unspecified atom stereocenters. The van der Waals surface area contributed by atoms with Crippen molar-refractivity contribution < 1.29 is 4.74 Å². The molecule has 0 bridgehead atoms. The summed E-state index contributed by atoms with van der Waals surface area (Å²) in [6, 6.07) is 4.31. The molecule has 0 saturated carbocycles. The largest absolute Gasteiger partial charge is 0.490 e. The normalized spacial score (nSPS) is 17.4. The molecule has 2 nitrogen and oxygen atoms in total. The molecule has 1 heterocycles. The third-order valence-electron chi connectivity index (χ3n) is 3.49. The lowest BCUT2D eigenvalue weighted by Crippen LogP contribution is -2.34. The Balaban J connectivity index is 2.09. The number of hydrogen-bond donors (Lipinski definition) is 1. The Morgan fingerprint density at radius 3 is 2.19 bits per heavy atom. The van der Waals surface area contributed by atoms with Gasteiger partial charge in [0.05, 0.1) is 0 Å². The zero-order valence-electron chi connectivity index (χ0n) is 10.5. The molecule has 1 aromatic rings. The topological polar surface area (TPSA) is 21.3 Å². The van der Waals surface area contributed by atoms with Crippen LogP contribution in [0.2, 0.25) is 0 Å². The van der Waals surface area contributed by atoms with E-state index in [0.29, 0.717) is 6.10 Å². The van der Waals surface area contributed by atoms with Gasteiger partial charge < -0.3 is 10.1 Å². The van der Waals surface area contributed by atoms with Crippen molar-refractivity contribution in [1.82, 2.24) is 5.32 Å². The second-order valence-electron chi connectivity index (χ2n) is 4.75. The molecule has 0 atom stereocenters. The zero-order chi connectivity index (χ0) is 11.5. The van der Waals surface area contributed by atoms with Crippen LogP contribution >= 0.6 is 0 Å². The molecule has 2 rings (SSSR count). The second-order valence-corrected chi connectivity index (χ2v) is 4.75. The van der Waals surface area contributed by atoms with Gasteiger partial charge in [0.2, 0.25) is 0 Å². The molecule has 1 aliphatic rings. The molecule has 1 saturated heterocycles. The van der Waals surface area contributed by atoms with Crippen LogP contribution < -0.4 is 10.1 Å².